The average Bonchev–Trinajstić information content (AvgIpc) is 2.99. The number of aliphatic hydroxyl groups is 1. The number of aliphatic hydroxyl groups excluding tert-OH is 1. The molecule has 0 radical (unpaired) electrons. The number of hydrogen-bond donors (Lipinski definition) is 1. The largest absolute Gasteiger partial charge is 0.394 e. The lowest BCUT2D eigenvalue weighted by Crippen LogP contribution is -2.60. The molecule has 0 unspecified atom stereocenters. The van der Waals surface area contributed by atoms with Crippen molar-refractivity contribution in [2.75, 3.05) is 6.61 Å². The maximum absolute atomic E-state index is 10.4. The molecule has 0 bridgehead atoms. The summed E-state index contributed by atoms with van der Waals surface area (Å²) in [5.74, 6) is 6.61. The van der Waals surface area contributed by atoms with Gasteiger partial charge in [0.15, 0.2) is 0 Å². The van der Waals surface area contributed by atoms with Crippen LogP contribution in [0.2, 0.25) is 0 Å². The summed E-state index contributed by atoms with van der Waals surface area (Å²) in [7, 11) is 0. The van der Waals surface area contributed by atoms with Gasteiger partial charge in [0.1, 0.15) is 30.5 Å². The van der Waals surface area contributed by atoms with Gasteiger partial charge in [-0.2, -0.15) is 0 Å². The highest BCUT2D eigenvalue weighted by Gasteiger charge is 2.47. The van der Waals surface area contributed by atoms with Crippen LogP contribution in [-0.2, 0) is 38.8 Å². The molecule has 3 aromatic rings. The monoisotopic (exact) mass is 528 g/mol. The van der Waals surface area contributed by atoms with Gasteiger partial charge in [0.25, 0.3) is 0 Å². The summed E-state index contributed by atoms with van der Waals surface area (Å²) < 4.78 is 25.9. The van der Waals surface area contributed by atoms with Gasteiger partial charge in [-0.3, -0.25) is 0 Å². The molecule has 1 N–H and O–H groups in total. The predicted octanol–water partition coefficient (Wildman–Crippen LogP) is 6.09. The number of hydrogen-bond acceptors (Lipinski definition) is 5. The zero-order valence-electron chi connectivity index (χ0n) is 22.8. The average molecular weight is 529 g/mol. The van der Waals surface area contributed by atoms with Gasteiger partial charge in [-0.1, -0.05) is 117 Å². The highest BCUT2D eigenvalue weighted by atomic mass is 16.6. The van der Waals surface area contributed by atoms with Gasteiger partial charge in [-0.05, 0) is 23.1 Å². The van der Waals surface area contributed by atoms with Gasteiger partial charge in [-0.25, -0.2) is 0 Å². The van der Waals surface area contributed by atoms with E-state index in [2.05, 4.69) is 18.8 Å². The van der Waals surface area contributed by atoms with Crippen LogP contribution in [0.1, 0.15) is 49.3 Å². The Balaban J connectivity index is 1.60. The van der Waals surface area contributed by atoms with Crippen LogP contribution in [0.15, 0.2) is 91.0 Å². The molecule has 5 atom stereocenters. The van der Waals surface area contributed by atoms with Gasteiger partial charge in [-0.15, -0.1) is 5.92 Å². The van der Waals surface area contributed by atoms with Gasteiger partial charge in [0, 0.05) is 6.42 Å². The third-order valence-corrected chi connectivity index (χ3v) is 6.82. The maximum atomic E-state index is 10.4. The topological polar surface area (TPSA) is 57.2 Å². The van der Waals surface area contributed by atoms with E-state index in [0.717, 1.165) is 42.4 Å². The van der Waals surface area contributed by atoms with Crippen molar-refractivity contribution in [1.82, 2.24) is 0 Å². The van der Waals surface area contributed by atoms with Crippen molar-refractivity contribution in [2.45, 2.75) is 82.9 Å². The summed E-state index contributed by atoms with van der Waals surface area (Å²) in [5, 5.41) is 10.4. The molecule has 206 valence electrons. The van der Waals surface area contributed by atoms with Gasteiger partial charge in [0.05, 0.1) is 26.4 Å². The Morgan fingerprint density at radius 2 is 1.15 bits per heavy atom. The van der Waals surface area contributed by atoms with Crippen LogP contribution in [0.4, 0.5) is 0 Å². The first-order chi connectivity index (χ1) is 19.3. The van der Waals surface area contributed by atoms with E-state index < -0.39 is 30.5 Å². The normalized spacial score (nSPS) is 22.7. The van der Waals surface area contributed by atoms with E-state index in [9.17, 15) is 5.11 Å². The molecule has 1 heterocycles. The Bertz CT molecular complexity index is 1130. The van der Waals surface area contributed by atoms with Crippen molar-refractivity contribution in [3.05, 3.63) is 108 Å². The second-order valence-corrected chi connectivity index (χ2v) is 9.84. The highest BCUT2D eigenvalue weighted by Crippen LogP contribution is 2.30. The lowest BCUT2D eigenvalue weighted by molar-refractivity contribution is -0.258. The minimum atomic E-state index is -0.596. The van der Waals surface area contributed by atoms with E-state index in [0.29, 0.717) is 19.8 Å². The Kier molecular flexibility index (Phi) is 12.1. The predicted molar refractivity (Wildman–Crippen MR) is 153 cm³/mol. The third-order valence-electron chi connectivity index (χ3n) is 6.82. The highest BCUT2D eigenvalue weighted by molar-refractivity contribution is 5.17. The van der Waals surface area contributed by atoms with Crippen molar-refractivity contribution >= 4 is 0 Å². The molecule has 4 rings (SSSR count). The Hall–Kier alpha value is -2.98. The summed E-state index contributed by atoms with van der Waals surface area (Å²) >= 11 is 0. The lowest BCUT2D eigenvalue weighted by Gasteiger charge is -2.44. The van der Waals surface area contributed by atoms with Crippen LogP contribution in [-0.4, -0.2) is 42.2 Å². The van der Waals surface area contributed by atoms with E-state index in [1.165, 1.54) is 0 Å². The van der Waals surface area contributed by atoms with E-state index in [1.807, 2.05) is 91.0 Å². The molecular weight excluding hydrogens is 488 g/mol. The van der Waals surface area contributed by atoms with Crippen LogP contribution in [0.5, 0.6) is 0 Å². The standard InChI is InChI=1S/C34H40O5/c1-2-3-4-5-15-22-30-32(36-24-27-16-9-6-10-17-27)34(38-26-29-20-13-8-14-21-29)33(31(23-35)39-30)37-25-28-18-11-7-12-19-28/h6-14,16-21,30-35H,2-5,23-26H2,1H3/t30-,31-,32+,33+,34-/m1/s1. The summed E-state index contributed by atoms with van der Waals surface area (Å²) in [6.07, 6.45) is 1.44. The van der Waals surface area contributed by atoms with Crippen LogP contribution in [0.25, 0.3) is 0 Å². The first-order valence-electron chi connectivity index (χ1n) is 14.0. The molecule has 39 heavy (non-hydrogen) atoms. The number of benzene rings is 3. The van der Waals surface area contributed by atoms with Crippen LogP contribution in [0, 0.1) is 11.8 Å². The van der Waals surface area contributed by atoms with E-state index in [-0.39, 0.29) is 6.61 Å². The molecule has 5 nitrogen and oxygen atoms in total. The zero-order valence-corrected chi connectivity index (χ0v) is 22.8. The fraction of sp³-hybridized carbons (Fsp3) is 0.412. The van der Waals surface area contributed by atoms with Crippen molar-refractivity contribution in [3.8, 4) is 11.8 Å². The fourth-order valence-electron chi connectivity index (χ4n) is 4.69. The smallest absolute Gasteiger partial charge is 0.147 e. The summed E-state index contributed by atoms with van der Waals surface area (Å²) in [4.78, 5) is 0. The molecule has 0 aromatic heterocycles. The summed E-state index contributed by atoms with van der Waals surface area (Å²) in [5.41, 5.74) is 3.14. The van der Waals surface area contributed by atoms with Gasteiger partial charge < -0.3 is 24.1 Å². The van der Waals surface area contributed by atoms with Crippen LogP contribution >= 0.6 is 0 Å². The van der Waals surface area contributed by atoms with Crippen molar-refractivity contribution in [1.29, 1.82) is 0 Å². The summed E-state index contributed by atoms with van der Waals surface area (Å²) in [6.45, 7) is 3.13. The zero-order chi connectivity index (χ0) is 27.1. The first-order valence-corrected chi connectivity index (χ1v) is 14.0. The number of unbranched alkanes of at least 4 members (excludes halogenated alkanes) is 3. The molecule has 1 fully saturated rings. The van der Waals surface area contributed by atoms with Crippen LogP contribution in [0.3, 0.4) is 0 Å². The van der Waals surface area contributed by atoms with Crippen molar-refractivity contribution < 1.29 is 24.1 Å². The molecule has 0 aliphatic carbocycles. The quantitative estimate of drug-likeness (QED) is 0.215. The number of ether oxygens (including phenoxy) is 4. The van der Waals surface area contributed by atoms with E-state index in [1.54, 1.807) is 0 Å². The van der Waals surface area contributed by atoms with E-state index in [4.69, 9.17) is 18.9 Å². The molecule has 0 spiro atoms. The molecule has 0 amide bonds. The molecule has 3 aromatic carbocycles. The second kappa shape index (κ2) is 16.2. The molecule has 5 heteroatoms. The Morgan fingerprint density at radius 3 is 1.64 bits per heavy atom. The van der Waals surface area contributed by atoms with Gasteiger partial charge in [0.2, 0.25) is 0 Å². The minimum absolute atomic E-state index is 0.204. The lowest BCUT2D eigenvalue weighted by atomic mass is 9.94. The Morgan fingerprint density at radius 1 is 0.667 bits per heavy atom. The molecule has 0 saturated carbocycles. The fourth-order valence-corrected chi connectivity index (χ4v) is 4.69. The Labute approximate surface area is 233 Å². The summed E-state index contributed by atoms with van der Waals surface area (Å²) in [6, 6.07) is 30.1. The SMILES string of the molecule is CCCCCC#C[C@H]1O[C@H](CO)[C@H](OCc2ccccc2)[C@H](OCc2ccccc2)[C@H]1OCc1ccccc1. The van der Waals surface area contributed by atoms with Gasteiger partial charge >= 0.3 is 0 Å². The molecular formula is C34H40O5. The van der Waals surface area contributed by atoms with Crippen molar-refractivity contribution in [3.63, 3.8) is 0 Å². The minimum Gasteiger partial charge on any atom is -0.394 e. The first kappa shape index (κ1) is 29.0. The van der Waals surface area contributed by atoms with E-state index >= 15 is 0 Å². The third kappa shape index (κ3) is 9.03. The molecule has 1 saturated heterocycles. The van der Waals surface area contributed by atoms with Crippen LogP contribution < -0.4 is 0 Å². The molecule has 1 aliphatic heterocycles. The maximum Gasteiger partial charge on any atom is 0.147 e. The molecule has 1 aliphatic rings. The second-order valence-electron chi connectivity index (χ2n) is 9.84. The number of rotatable bonds is 13. The van der Waals surface area contributed by atoms with Crippen molar-refractivity contribution in [2.24, 2.45) is 0 Å².